The lowest BCUT2D eigenvalue weighted by Gasteiger charge is -2.08. The Kier molecular flexibility index (Phi) is 5.81. The summed E-state index contributed by atoms with van der Waals surface area (Å²) in [5.74, 6) is -0.657. The summed E-state index contributed by atoms with van der Waals surface area (Å²) in [4.78, 5) is 19.5. The minimum atomic E-state index is -4.42. The molecule has 9 heteroatoms. The van der Waals surface area contributed by atoms with Gasteiger partial charge < -0.3 is 11.5 Å². The first-order valence-corrected chi connectivity index (χ1v) is 7.73. The molecule has 1 aromatic heterocycles. The molecule has 0 saturated heterocycles. The number of nitrogens with zero attached hydrogens (tertiary/aromatic N) is 2. The third-order valence-electron chi connectivity index (χ3n) is 3.00. The lowest BCUT2D eigenvalue weighted by molar-refractivity contribution is -0.137. The Hall–Kier alpha value is -2.81. The molecule has 0 spiro atoms. The van der Waals surface area contributed by atoms with Gasteiger partial charge in [0.2, 0.25) is 5.91 Å². The molecular weight excluding hydrogens is 353 g/mol. The minimum absolute atomic E-state index is 0.180. The van der Waals surface area contributed by atoms with Gasteiger partial charge in [0.1, 0.15) is 0 Å². The second-order valence-corrected chi connectivity index (χ2v) is 5.69. The molecule has 0 atom stereocenters. The summed E-state index contributed by atoms with van der Waals surface area (Å²) in [5.41, 5.74) is 10.7. The van der Waals surface area contributed by atoms with Crippen LogP contribution in [0.2, 0.25) is 0 Å². The summed E-state index contributed by atoms with van der Waals surface area (Å²) in [6, 6.07) is 6.36. The van der Waals surface area contributed by atoms with E-state index >= 15 is 0 Å². The van der Waals surface area contributed by atoms with Crippen molar-refractivity contribution >= 4 is 29.7 Å². The lowest BCUT2D eigenvalue weighted by Crippen LogP contribution is -2.11. The lowest BCUT2D eigenvalue weighted by atomic mass is 10.1. The van der Waals surface area contributed by atoms with Crippen LogP contribution < -0.4 is 11.5 Å². The number of carbonyl (C=O) groups is 1. The number of benzene rings is 1. The van der Waals surface area contributed by atoms with Crippen molar-refractivity contribution in [2.24, 2.45) is 16.5 Å². The average molecular weight is 366 g/mol. The molecule has 1 aromatic carbocycles. The Morgan fingerprint density at radius 2 is 1.92 bits per heavy atom. The molecule has 0 aliphatic carbocycles. The average Bonchev–Trinajstić information content (AvgIpc) is 2.58. The Labute approximate surface area is 145 Å². The fraction of sp³-hybridized carbons (Fsp3) is 0.0625. The molecule has 1 heterocycles. The Balaban J connectivity index is 2.32. The second-order valence-electron chi connectivity index (χ2n) is 4.75. The number of pyridine rings is 1. The fourth-order valence-electron chi connectivity index (χ4n) is 1.84. The van der Waals surface area contributed by atoms with Crippen molar-refractivity contribution in [3.05, 3.63) is 64.8 Å². The van der Waals surface area contributed by atoms with E-state index in [2.05, 4.69) is 9.98 Å². The number of carbonyl (C=O) groups excluding carboxylic acids is 1. The van der Waals surface area contributed by atoms with Crippen LogP contribution in [-0.2, 0) is 6.18 Å². The maximum absolute atomic E-state index is 12.8. The van der Waals surface area contributed by atoms with Gasteiger partial charge in [-0.05, 0) is 24.3 Å². The maximum atomic E-state index is 12.8. The predicted octanol–water partition coefficient (Wildman–Crippen LogP) is 3.28. The highest BCUT2D eigenvalue weighted by Crippen LogP contribution is 2.33. The Morgan fingerprint density at radius 3 is 2.56 bits per heavy atom. The van der Waals surface area contributed by atoms with Crippen molar-refractivity contribution in [3.63, 3.8) is 0 Å². The zero-order chi connectivity index (χ0) is 18.4. The van der Waals surface area contributed by atoms with Gasteiger partial charge >= 0.3 is 6.18 Å². The van der Waals surface area contributed by atoms with Gasteiger partial charge in [-0.25, -0.2) is 4.99 Å². The summed E-state index contributed by atoms with van der Waals surface area (Å²) in [6.07, 6.45) is -0.638. The Morgan fingerprint density at radius 1 is 1.20 bits per heavy atom. The van der Waals surface area contributed by atoms with Gasteiger partial charge in [0, 0.05) is 28.3 Å². The maximum Gasteiger partial charge on any atom is 0.416 e. The van der Waals surface area contributed by atoms with Gasteiger partial charge in [-0.1, -0.05) is 17.8 Å². The quantitative estimate of drug-likeness (QED) is 0.482. The SMILES string of the molecule is NC=N/C(=C\Sc1cccc(C(F)(F)F)c1)c1cncc(C(N)=O)c1. The molecule has 2 aromatic rings. The van der Waals surface area contributed by atoms with Crippen LogP contribution >= 0.6 is 11.8 Å². The van der Waals surface area contributed by atoms with Crippen molar-refractivity contribution in [3.8, 4) is 0 Å². The number of hydrogen-bond donors (Lipinski definition) is 2. The number of rotatable bonds is 5. The van der Waals surface area contributed by atoms with Crippen LogP contribution in [0.1, 0.15) is 21.5 Å². The second kappa shape index (κ2) is 7.84. The molecule has 0 radical (unpaired) electrons. The van der Waals surface area contributed by atoms with E-state index in [0.717, 1.165) is 30.2 Å². The predicted molar refractivity (Wildman–Crippen MR) is 90.7 cm³/mol. The fourth-order valence-corrected chi connectivity index (χ4v) is 2.63. The highest BCUT2D eigenvalue weighted by atomic mass is 32.2. The van der Waals surface area contributed by atoms with Crippen LogP contribution in [0.25, 0.3) is 5.70 Å². The minimum Gasteiger partial charge on any atom is -0.390 e. The summed E-state index contributed by atoms with van der Waals surface area (Å²) < 4.78 is 38.3. The number of amides is 1. The zero-order valence-corrected chi connectivity index (χ0v) is 13.5. The van der Waals surface area contributed by atoms with Crippen molar-refractivity contribution in [1.82, 2.24) is 4.98 Å². The molecule has 0 aliphatic rings. The van der Waals surface area contributed by atoms with Gasteiger partial charge in [0.05, 0.1) is 23.2 Å². The van der Waals surface area contributed by atoms with E-state index in [9.17, 15) is 18.0 Å². The van der Waals surface area contributed by atoms with E-state index in [1.54, 1.807) is 0 Å². The number of aromatic nitrogens is 1. The molecule has 4 N–H and O–H groups in total. The van der Waals surface area contributed by atoms with Crippen molar-refractivity contribution in [2.75, 3.05) is 0 Å². The third kappa shape index (κ3) is 5.08. The number of hydrogen-bond acceptors (Lipinski definition) is 4. The van der Waals surface area contributed by atoms with Gasteiger partial charge in [-0.15, -0.1) is 0 Å². The van der Waals surface area contributed by atoms with E-state index in [1.807, 2.05) is 0 Å². The number of primary amides is 1. The first kappa shape index (κ1) is 18.5. The molecule has 5 nitrogen and oxygen atoms in total. The van der Waals surface area contributed by atoms with Crippen molar-refractivity contribution in [1.29, 1.82) is 0 Å². The molecule has 0 fully saturated rings. The van der Waals surface area contributed by atoms with Crippen LogP contribution in [0.15, 0.2) is 58.0 Å². The monoisotopic (exact) mass is 366 g/mol. The van der Waals surface area contributed by atoms with E-state index in [4.69, 9.17) is 11.5 Å². The van der Waals surface area contributed by atoms with E-state index < -0.39 is 17.6 Å². The van der Waals surface area contributed by atoms with Crippen LogP contribution in [0.5, 0.6) is 0 Å². The molecule has 25 heavy (non-hydrogen) atoms. The molecule has 0 unspecified atom stereocenters. The van der Waals surface area contributed by atoms with Crippen molar-refractivity contribution in [2.45, 2.75) is 11.1 Å². The van der Waals surface area contributed by atoms with Gasteiger partial charge in [0.25, 0.3) is 0 Å². The van der Waals surface area contributed by atoms with Gasteiger partial charge in [-0.2, -0.15) is 13.2 Å². The highest BCUT2D eigenvalue weighted by Gasteiger charge is 2.30. The van der Waals surface area contributed by atoms with Crippen molar-refractivity contribution < 1.29 is 18.0 Å². The topological polar surface area (TPSA) is 94.4 Å². The highest BCUT2D eigenvalue weighted by molar-refractivity contribution is 8.02. The smallest absolute Gasteiger partial charge is 0.390 e. The summed E-state index contributed by atoms with van der Waals surface area (Å²) in [7, 11) is 0. The molecule has 2 rings (SSSR count). The number of halogens is 3. The summed E-state index contributed by atoms with van der Waals surface area (Å²) >= 11 is 1.03. The van der Waals surface area contributed by atoms with Crippen LogP contribution in [0.4, 0.5) is 13.2 Å². The molecular formula is C16H13F3N4OS. The number of thioether (sulfide) groups is 1. The molecule has 0 aliphatic heterocycles. The number of alkyl halides is 3. The number of nitrogens with two attached hydrogens (primary N) is 2. The van der Waals surface area contributed by atoms with Crippen LogP contribution in [0.3, 0.4) is 0 Å². The molecule has 0 saturated carbocycles. The first-order chi connectivity index (χ1) is 11.8. The van der Waals surface area contributed by atoms with E-state index in [-0.39, 0.29) is 5.56 Å². The Bertz CT molecular complexity index is 834. The molecule has 0 bridgehead atoms. The largest absolute Gasteiger partial charge is 0.416 e. The zero-order valence-electron chi connectivity index (χ0n) is 12.7. The van der Waals surface area contributed by atoms with Crippen LogP contribution in [0, 0.1) is 0 Å². The van der Waals surface area contributed by atoms with Gasteiger partial charge in [0.15, 0.2) is 0 Å². The van der Waals surface area contributed by atoms with E-state index in [0.29, 0.717) is 16.2 Å². The summed E-state index contributed by atoms with van der Waals surface area (Å²) in [5, 5.41) is 1.51. The van der Waals surface area contributed by atoms with Gasteiger partial charge in [-0.3, -0.25) is 9.78 Å². The molecule has 130 valence electrons. The van der Waals surface area contributed by atoms with E-state index in [1.165, 1.54) is 36.0 Å². The first-order valence-electron chi connectivity index (χ1n) is 6.85. The molecule has 1 amide bonds. The standard InChI is InChI=1S/C16H13F3N4OS/c17-16(18,19)12-2-1-3-13(5-12)25-8-14(23-9-20)10-4-11(15(21)24)7-22-6-10/h1-9H,(H2,20,23)(H2,21,24)/b14-8-. The normalized spacial score (nSPS) is 12.5. The number of aliphatic imine (C=N–C) groups is 1. The van der Waals surface area contributed by atoms with Crippen LogP contribution in [-0.4, -0.2) is 17.2 Å². The summed E-state index contributed by atoms with van der Waals surface area (Å²) in [6.45, 7) is 0. The third-order valence-corrected chi connectivity index (χ3v) is 3.87.